The van der Waals surface area contributed by atoms with Crippen LogP contribution in [0.25, 0.3) is 12.2 Å². The first-order valence-electron chi connectivity index (χ1n) is 9.34. The Morgan fingerprint density at radius 3 is 1.79 bits per heavy atom. The standard InChI is InChI=1S/C23H27N/c1-17(2)24-15-13-20(14-16-24)23-21-9-5-3-7-18(21)11-12-19-8-4-6-10-22(19)23/h3-12,17,20,23H,13-16H2,1-2H3. The summed E-state index contributed by atoms with van der Waals surface area (Å²) < 4.78 is 0. The lowest BCUT2D eigenvalue weighted by molar-refractivity contribution is 0.142. The molecule has 1 heterocycles. The van der Waals surface area contributed by atoms with E-state index >= 15 is 0 Å². The Kier molecular flexibility index (Phi) is 4.28. The van der Waals surface area contributed by atoms with Crippen LogP contribution in [-0.4, -0.2) is 24.0 Å². The van der Waals surface area contributed by atoms with E-state index in [-0.39, 0.29) is 0 Å². The van der Waals surface area contributed by atoms with Gasteiger partial charge in [-0.2, -0.15) is 0 Å². The smallest absolute Gasteiger partial charge is 0.0130 e. The molecule has 1 nitrogen and oxygen atoms in total. The third-order valence-electron chi connectivity index (χ3n) is 5.88. The van der Waals surface area contributed by atoms with Crippen LogP contribution in [0, 0.1) is 5.92 Å². The molecule has 4 rings (SSSR count). The zero-order valence-electron chi connectivity index (χ0n) is 14.8. The molecule has 2 aromatic rings. The molecule has 24 heavy (non-hydrogen) atoms. The molecule has 124 valence electrons. The van der Waals surface area contributed by atoms with Crippen molar-refractivity contribution in [3.05, 3.63) is 70.8 Å². The van der Waals surface area contributed by atoms with E-state index in [0.717, 1.165) is 5.92 Å². The van der Waals surface area contributed by atoms with Gasteiger partial charge in [-0.15, -0.1) is 0 Å². The van der Waals surface area contributed by atoms with Gasteiger partial charge in [0.1, 0.15) is 0 Å². The summed E-state index contributed by atoms with van der Waals surface area (Å²) in [4.78, 5) is 2.63. The normalized spacial score (nSPS) is 19.1. The van der Waals surface area contributed by atoms with Crippen LogP contribution < -0.4 is 0 Å². The zero-order valence-corrected chi connectivity index (χ0v) is 14.8. The van der Waals surface area contributed by atoms with E-state index in [0.29, 0.717) is 12.0 Å². The highest BCUT2D eigenvalue weighted by Gasteiger charge is 2.32. The molecule has 0 unspecified atom stereocenters. The second-order valence-electron chi connectivity index (χ2n) is 7.54. The van der Waals surface area contributed by atoms with Crippen molar-refractivity contribution >= 4 is 12.2 Å². The third-order valence-corrected chi connectivity index (χ3v) is 5.88. The van der Waals surface area contributed by atoms with Gasteiger partial charge in [0.15, 0.2) is 0 Å². The van der Waals surface area contributed by atoms with Crippen LogP contribution in [0.15, 0.2) is 48.5 Å². The van der Waals surface area contributed by atoms with Crippen molar-refractivity contribution in [1.82, 2.24) is 4.90 Å². The second kappa shape index (κ2) is 6.57. The maximum absolute atomic E-state index is 2.63. The topological polar surface area (TPSA) is 3.24 Å². The van der Waals surface area contributed by atoms with Crippen LogP contribution in [0.2, 0.25) is 0 Å². The first kappa shape index (κ1) is 15.7. The van der Waals surface area contributed by atoms with E-state index in [1.54, 1.807) is 0 Å². The zero-order chi connectivity index (χ0) is 16.5. The van der Waals surface area contributed by atoms with Gasteiger partial charge in [-0.05, 0) is 68.0 Å². The van der Waals surface area contributed by atoms with Gasteiger partial charge < -0.3 is 4.90 Å². The fourth-order valence-corrected chi connectivity index (χ4v) is 4.52. The van der Waals surface area contributed by atoms with Crippen molar-refractivity contribution in [3.8, 4) is 0 Å². The molecule has 1 fully saturated rings. The van der Waals surface area contributed by atoms with Gasteiger partial charge in [-0.1, -0.05) is 60.7 Å². The Bertz CT molecular complexity index is 686. The van der Waals surface area contributed by atoms with Crippen LogP contribution in [0.5, 0.6) is 0 Å². The molecule has 1 saturated heterocycles. The molecule has 0 atom stereocenters. The molecule has 1 aliphatic carbocycles. The first-order chi connectivity index (χ1) is 11.7. The lowest BCUT2D eigenvalue weighted by Gasteiger charge is -2.38. The highest BCUT2D eigenvalue weighted by molar-refractivity contribution is 5.76. The summed E-state index contributed by atoms with van der Waals surface area (Å²) >= 11 is 0. The molecule has 0 spiro atoms. The summed E-state index contributed by atoms with van der Waals surface area (Å²) in [7, 11) is 0. The Morgan fingerprint density at radius 2 is 1.29 bits per heavy atom. The van der Waals surface area contributed by atoms with Gasteiger partial charge in [-0.25, -0.2) is 0 Å². The molecule has 1 aliphatic heterocycles. The monoisotopic (exact) mass is 317 g/mol. The Balaban J connectivity index is 1.73. The average molecular weight is 317 g/mol. The number of likely N-dealkylation sites (tertiary alicyclic amines) is 1. The average Bonchev–Trinajstić information content (AvgIpc) is 2.79. The lowest BCUT2D eigenvalue weighted by atomic mass is 9.74. The highest BCUT2D eigenvalue weighted by atomic mass is 15.1. The first-order valence-corrected chi connectivity index (χ1v) is 9.34. The van der Waals surface area contributed by atoms with Crippen LogP contribution >= 0.6 is 0 Å². The molecule has 2 aromatic carbocycles. The molecule has 0 aromatic heterocycles. The maximum atomic E-state index is 2.63. The third kappa shape index (κ3) is 2.82. The van der Waals surface area contributed by atoms with E-state index in [1.165, 1.54) is 48.2 Å². The van der Waals surface area contributed by atoms with Crippen molar-refractivity contribution < 1.29 is 0 Å². The van der Waals surface area contributed by atoms with Gasteiger partial charge in [-0.3, -0.25) is 0 Å². The molecule has 0 amide bonds. The van der Waals surface area contributed by atoms with Gasteiger partial charge in [0.05, 0.1) is 0 Å². The van der Waals surface area contributed by atoms with Crippen LogP contribution in [-0.2, 0) is 0 Å². The number of nitrogens with zero attached hydrogens (tertiary/aromatic N) is 1. The number of fused-ring (bicyclic) bond motifs is 2. The fraction of sp³-hybridized carbons (Fsp3) is 0.391. The van der Waals surface area contributed by atoms with Crippen LogP contribution in [0.1, 0.15) is 54.9 Å². The Hall–Kier alpha value is -1.86. The van der Waals surface area contributed by atoms with E-state index in [2.05, 4.69) is 79.4 Å². The quantitative estimate of drug-likeness (QED) is 0.714. The second-order valence-corrected chi connectivity index (χ2v) is 7.54. The molecule has 0 bridgehead atoms. The SMILES string of the molecule is CC(C)N1CCC(C2c3ccccc3C=Cc3ccccc32)CC1. The number of benzene rings is 2. The molecule has 0 saturated carbocycles. The van der Waals surface area contributed by atoms with Crippen molar-refractivity contribution in [1.29, 1.82) is 0 Å². The van der Waals surface area contributed by atoms with Gasteiger partial charge >= 0.3 is 0 Å². The van der Waals surface area contributed by atoms with E-state index in [9.17, 15) is 0 Å². The summed E-state index contributed by atoms with van der Waals surface area (Å²) in [6.45, 7) is 7.11. The summed E-state index contributed by atoms with van der Waals surface area (Å²) in [5.41, 5.74) is 5.82. The van der Waals surface area contributed by atoms with Gasteiger partial charge in [0, 0.05) is 12.0 Å². The summed E-state index contributed by atoms with van der Waals surface area (Å²) in [6.07, 6.45) is 7.20. The van der Waals surface area contributed by atoms with E-state index < -0.39 is 0 Å². The van der Waals surface area contributed by atoms with Crippen LogP contribution in [0.4, 0.5) is 0 Å². The number of piperidine rings is 1. The molecule has 0 N–H and O–H groups in total. The lowest BCUT2D eigenvalue weighted by Crippen LogP contribution is -2.40. The summed E-state index contributed by atoms with van der Waals surface area (Å²) in [5.74, 6) is 1.27. The Labute approximate surface area is 146 Å². The predicted molar refractivity (Wildman–Crippen MR) is 103 cm³/mol. The Morgan fingerprint density at radius 1 is 0.792 bits per heavy atom. The fourth-order valence-electron chi connectivity index (χ4n) is 4.52. The van der Waals surface area contributed by atoms with Crippen molar-refractivity contribution in [2.75, 3.05) is 13.1 Å². The number of hydrogen-bond acceptors (Lipinski definition) is 1. The molecular formula is C23H27N. The minimum Gasteiger partial charge on any atom is -0.301 e. The minimum atomic E-state index is 0.529. The number of rotatable bonds is 2. The predicted octanol–water partition coefficient (Wildman–Crippen LogP) is 5.42. The molecule has 1 heteroatoms. The largest absolute Gasteiger partial charge is 0.301 e. The van der Waals surface area contributed by atoms with Gasteiger partial charge in [0.2, 0.25) is 0 Å². The molecule has 0 radical (unpaired) electrons. The van der Waals surface area contributed by atoms with Gasteiger partial charge in [0.25, 0.3) is 0 Å². The van der Waals surface area contributed by atoms with Crippen molar-refractivity contribution in [3.63, 3.8) is 0 Å². The maximum Gasteiger partial charge on any atom is 0.0130 e. The molecular weight excluding hydrogens is 290 g/mol. The van der Waals surface area contributed by atoms with E-state index in [4.69, 9.17) is 0 Å². The molecule has 2 aliphatic rings. The van der Waals surface area contributed by atoms with E-state index in [1.807, 2.05) is 0 Å². The van der Waals surface area contributed by atoms with Crippen LogP contribution in [0.3, 0.4) is 0 Å². The number of hydrogen-bond donors (Lipinski definition) is 0. The minimum absolute atomic E-state index is 0.529. The van der Waals surface area contributed by atoms with Crippen molar-refractivity contribution in [2.45, 2.75) is 38.6 Å². The van der Waals surface area contributed by atoms with Crippen molar-refractivity contribution in [2.24, 2.45) is 5.92 Å². The highest BCUT2D eigenvalue weighted by Crippen LogP contribution is 2.43. The summed E-state index contributed by atoms with van der Waals surface area (Å²) in [6, 6.07) is 18.6. The summed E-state index contributed by atoms with van der Waals surface area (Å²) in [5, 5.41) is 0.